The molecule has 1 amide bonds. The molecule has 0 atom stereocenters. The van der Waals surface area contributed by atoms with Gasteiger partial charge in [-0.15, -0.1) is 0 Å². The molecule has 0 heterocycles. The number of hydrogen-bond donors (Lipinski definition) is 2. The van der Waals surface area contributed by atoms with Gasteiger partial charge in [-0.05, 0) is 36.8 Å². The van der Waals surface area contributed by atoms with Gasteiger partial charge in [-0.3, -0.25) is 9.52 Å². The minimum absolute atomic E-state index is 0.0509. The molecule has 0 spiro atoms. The summed E-state index contributed by atoms with van der Waals surface area (Å²) < 4.78 is 39.9. The van der Waals surface area contributed by atoms with E-state index in [-0.39, 0.29) is 16.1 Å². The van der Waals surface area contributed by atoms with Crippen molar-refractivity contribution in [3.8, 4) is 0 Å². The summed E-state index contributed by atoms with van der Waals surface area (Å²) in [6, 6.07) is 9.22. The lowest BCUT2D eigenvalue weighted by Crippen LogP contribution is -2.19. The zero-order valence-electron chi connectivity index (χ0n) is 11.1. The highest BCUT2D eigenvalue weighted by Gasteiger charge is 2.19. The normalized spacial score (nSPS) is 11.1. The molecule has 0 aliphatic heterocycles. The van der Waals surface area contributed by atoms with Crippen LogP contribution in [0.15, 0.2) is 47.4 Å². The highest BCUT2D eigenvalue weighted by Crippen LogP contribution is 2.24. The fourth-order valence-corrected chi connectivity index (χ4v) is 3.02. The fraction of sp³-hybridized carbons (Fsp3) is 0.0714. The Hall–Kier alpha value is -2.41. The zero-order chi connectivity index (χ0) is 15.6. The Kier molecular flexibility index (Phi) is 3.95. The van der Waals surface area contributed by atoms with E-state index < -0.39 is 21.7 Å². The zero-order valence-corrected chi connectivity index (χ0v) is 11.9. The maximum atomic E-state index is 13.2. The first-order valence-corrected chi connectivity index (χ1v) is 7.47. The summed E-state index contributed by atoms with van der Waals surface area (Å²) in [6.07, 6.45) is 0. The molecule has 0 aliphatic carbocycles. The molecular formula is C14H13FN2O3S. The van der Waals surface area contributed by atoms with Crippen LogP contribution in [0.5, 0.6) is 0 Å². The Morgan fingerprint density at radius 2 is 1.86 bits per heavy atom. The summed E-state index contributed by atoms with van der Waals surface area (Å²) in [5.41, 5.74) is 5.91. The largest absolute Gasteiger partial charge is 0.366 e. The lowest BCUT2D eigenvalue weighted by atomic mass is 10.1. The summed E-state index contributed by atoms with van der Waals surface area (Å²) in [5, 5.41) is 0. The monoisotopic (exact) mass is 308 g/mol. The third-order valence-corrected chi connectivity index (χ3v) is 4.23. The lowest BCUT2D eigenvalue weighted by Gasteiger charge is -2.13. The molecule has 0 bridgehead atoms. The highest BCUT2D eigenvalue weighted by molar-refractivity contribution is 7.92. The van der Waals surface area contributed by atoms with E-state index in [0.29, 0.717) is 5.56 Å². The van der Waals surface area contributed by atoms with Crippen molar-refractivity contribution in [3.05, 3.63) is 59.4 Å². The molecule has 2 aromatic rings. The average molecular weight is 308 g/mol. The number of primary amides is 1. The molecule has 110 valence electrons. The van der Waals surface area contributed by atoms with Crippen molar-refractivity contribution < 1.29 is 17.6 Å². The lowest BCUT2D eigenvalue weighted by molar-refractivity contribution is 0.100. The van der Waals surface area contributed by atoms with Crippen LogP contribution in [0, 0.1) is 12.7 Å². The number of nitrogens with one attached hydrogen (secondary N) is 1. The molecule has 21 heavy (non-hydrogen) atoms. The third-order valence-electron chi connectivity index (χ3n) is 2.88. The van der Waals surface area contributed by atoms with E-state index in [9.17, 15) is 17.6 Å². The van der Waals surface area contributed by atoms with Gasteiger partial charge in [0.1, 0.15) is 5.82 Å². The van der Waals surface area contributed by atoms with E-state index in [4.69, 9.17) is 5.73 Å². The summed E-state index contributed by atoms with van der Waals surface area (Å²) in [6.45, 7) is 1.63. The Balaban J connectivity index is 2.49. The number of carbonyl (C=O) groups excluding carboxylic acids is 1. The fourth-order valence-electron chi connectivity index (χ4n) is 1.84. The minimum Gasteiger partial charge on any atom is -0.366 e. The minimum atomic E-state index is -4.01. The molecule has 3 N–H and O–H groups in total. The molecular weight excluding hydrogens is 295 g/mol. The van der Waals surface area contributed by atoms with E-state index in [2.05, 4.69) is 4.72 Å². The van der Waals surface area contributed by atoms with Crippen LogP contribution in [0.4, 0.5) is 10.1 Å². The molecule has 7 heteroatoms. The average Bonchev–Trinajstić information content (AvgIpc) is 2.40. The van der Waals surface area contributed by atoms with Crippen molar-refractivity contribution in [3.63, 3.8) is 0 Å². The number of carbonyl (C=O) groups is 1. The van der Waals surface area contributed by atoms with Crippen molar-refractivity contribution >= 4 is 21.6 Å². The Morgan fingerprint density at radius 3 is 2.48 bits per heavy atom. The van der Waals surface area contributed by atoms with Crippen molar-refractivity contribution in [2.75, 3.05) is 4.72 Å². The van der Waals surface area contributed by atoms with Crippen molar-refractivity contribution in [1.82, 2.24) is 0 Å². The number of rotatable bonds is 4. The standard InChI is InChI=1S/C14H13FN2O3S/c1-9-4-2-7-12(14(16)18)13(9)17-21(19,20)11-6-3-5-10(15)8-11/h2-8,17H,1H3,(H2,16,18). The molecule has 5 nitrogen and oxygen atoms in total. The quantitative estimate of drug-likeness (QED) is 0.905. The molecule has 0 unspecified atom stereocenters. The summed E-state index contributed by atoms with van der Waals surface area (Å²) in [7, 11) is -4.01. The van der Waals surface area contributed by atoms with E-state index in [1.807, 2.05) is 0 Å². The van der Waals surface area contributed by atoms with Gasteiger partial charge in [0.25, 0.3) is 15.9 Å². The molecule has 0 saturated carbocycles. The SMILES string of the molecule is Cc1cccc(C(N)=O)c1NS(=O)(=O)c1cccc(F)c1. The van der Waals surface area contributed by atoms with Crippen molar-refractivity contribution in [1.29, 1.82) is 0 Å². The second kappa shape index (κ2) is 5.53. The second-order valence-corrected chi connectivity index (χ2v) is 6.11. The number of amides is 1. The summed E-state index contributed by atoms with van der Waals surface area (Å²) >= 11 is 0. The van der Waals surface area contributed by atoms with Gasteiger partial charge in [-0.25, -0.2) is 12.8 Å². The molecule has 0 fully saturated rings. The van der Waals surface area contributed by atoms with Crippen LogP contribution in [0.2, 0.25) is 0 Å². The van der Waals surface area contributed by atoms with E-state index in [1.54, 1.807) is 19.1 Å². The second-order valence-electron chi connectivity index (χ2n) is 4.42. The molecule has 0 aromatic heterocycles. The molecule has 2 rings (SSSR count). The number of benzene rings is 2. The first-order valence-electron chi connectivity index (χ1n) is 5.99. The number of para-hydroxylation sites is 1. The van der Waals surface area contributed by atoms with Gasteiger partial charge in [0.05, 0.1) is 16.1 Å². The smallest absolute Gasteiger partial charge is 0.262 e. The number of nitrogens with two attached hydrogens (primary N) is 1. The van der Waals surface area contributed by atoms with E-state index in [0.717, 1.165) is 12.1 Å². The Morgan fingerprint density at radius 1 is 1.19 bits per heavy atom. The number of halogens is 1. The first-order chi connectivity index (χ1) is 9.81. The number of sulfonamides is 1. The van der Waals surface area contributed by atoms with Crippen molar-refractivity contribution in [2.24, 2.45) is 5.73 Å². The predicted octanol–water partition coefficient (Wildman–Crippen LogP) is 2.03. The predicted molar refractivity (Wildman–Crippen MR) is 76.9 cm³/mol. The van der Waals surface area contributed by atoms with Crippen LogP contribution < -0.4 is 10.5 Å². The third kappa shape index (κ3) is 3.19. The van der Waals surface area contributed by atoms with Gasteiger partial charge in [-0.1, -0.05) is 18.2 Å². The van der Waals surface area contributed by atoms with Gasteiger partial charge in [0, 0.05) is 0 Å². The number of hydrogen-bond acceptors (Lipinski definition) is 3. The van der Waals surface area contributed by atoms with E-state index in [1.165, 1.54) is 18.2 Å². The van der Waals surface area contributed by atoms with Crippen LogP contribution >= 0.6 is 0 Å². The summed E-state index contributed by atoms with van der Waals surface area (Å²) in [4.78, 5) is 11.1. The maximum Gasteiger partial charge on any atom is 0.262 e. The van der Waals surface area contributed by atoms with Gasteiger partial charge < -0.3 is 5.73 Å². The van der Waals surface area contributed by atoms with Crippen LogP contribution in [-0.2, 0) is 10.0 Å². The van der Waals surface area contributed by atoms with Crippen LogP contribution in [0.25, 0.3) is 0 Å². The number of aryl methyl sites for hydroxylation is 1. The molecule has 2 aromatic carbocycles. The Labute approximate surface area is 121 Å². The van der Waals surface area contributed by atoms with Gasteiger partial charge in [0.15, 0.2) is 0 Å². The Bertz CT molecular complexity index is 804. The molecule has 0 radical (unpaired) electrons. The maximum absolute atomic E-state index is 13.2. The van der Waals surface area contributed by atoms with E-state index >= 15 is 0 Å². The molecule has 0 aliphatic rings. The van der Waals surface area contributed by atoms with Gasteiger partial charge >= 0.3 is 0 Å². The topological polar surface area (TPSA) is 89.3 Å². The van der Waals surface area contributed by atoms with Gasteiger partial charge in [0.2, 0.25) is 0 Å². The number of anilines is 1. The molecule has 0 saturated heterocycles. The van der Waals surface area contributed by atoms with Crippen LogP contribution in [0.1, 0.15) is 15.9 Å². The highest BCUT2D eigenvalue weighted by atomic mass is 32.2. The van der Waals surface area contributed by atoms with Crippen LogP contribution in [0.3, 0.4) is 0 Å². The first kappa shape index (κ1) is 15.0. The van der Waals surface area contributed by atoms with Gasteiger partial charge in [-0.2, -0.15) is 0 Å². The summed E-state index contributed by atoms with van der Waals surface area (Å²) in [5.74, 6) is -1.42. The van der Waals surface area contributed by atoms with Crippen LogP contribution in [-0.4, -0.2) is 14.3 Å². The van der Waals surface area contributed by atoms with Crippen molar-refractivity contribution in [2.45, 2.75) is 11.8 Å².